The number of carbonyl (C=O) groups excluding carboxylic acids is 2. The van der Waals surface area contributed by atoms with Crippen molar-refractivity contribution in [2.24, 2.45) is 0 Å². The lowest BCUT2D eigenvalue weighted by Crippen LogP contribution is -2.41. The molecule has 5 aromatic rings. The molecule has 2 amide bonds. The minimum Gasteiger partial charge on any atom is -0.355 e. The second-order valence-corrected chi connectivity index (χ2v) is 6.91. The highest BCUT2D eigenvalue weighted by atomic mass is 16.5. The van der Waals surface area contributed by atoms with E-state index in [9.17, 15) is 9.59 Å². The van der Waals surface area contributed by atoms with Gasteiger partial charge in [-0.05, 0) is 30.3 Å². The van der Waals surface area contributed by atoms with Crippen LogP contribution in [0.4, 0.5) is 0 Å². The van der Waals surface area contributed by atoms with Gasteiger partial charge >= 0.3 is 0 Å². The Hall–Kier alpha value is -4.52. The van der Waals surface area contributed by atoms with Crippen molar-refractivity contribution < 1.29 is 14.1 Å². The van der Waals surface area contributed by atoms with Gasteiger partial charge in [0.25, 0.3) is 11.8 Å². The smallest absolute Gasteiger partial charge is 0.288 e. The van der Waals surface area contributed by atoms with Crippen LogP contribution in [0.25, 0.3) is 33.1 Å². The lowest BCUT2D eigenvalue weighted by molar-refractivity contribution is 0.0844. The molecule has 7 nitrogen and oxygen atoms in total. The predicted molar refractivity (Wildman–Crippen MR) is 116 cm³/mol. The van der Waals surface area contributed by atoms with Crippen LogP contribution < -0.4 is 10.9 Å². The molecule has 5 rings (SSSR count). The molecule has 0 saturated carbocycles. The van der Waals surface area contributed by atoms with Crippen LogP contribution in [0.15, 0.2) is 89.5 Å². The molecule has 0 radical (unpaired) electrons. The summed E-state index contributed by atoms with van der Waals surface area (Å²) in [6.45, 7) is 0. The Kier molecular flexibility index (Phi) is 4.61. The van der Waals surface area contributed by atoms with Gasteiger partial charge in [-0.3, -0.25) is 20.4 Å². The van der Waals surface area contributed by atoms with E-state index < -0.39 is 11.8 Å². The van der Waals surface area contributed by atoms with Gasteiger partial charge in [-0.2, -0.15) is 0 Å². The summed E-state index contributed by atoms with van der Waals surface area (Å²) in [5, 5.41) is 5.69. The lowest BCUT2D eigenvalue weighted by Gasteiger charge is -2.08. The number of para-hydroxylation sites is 1. The Morgan fingerprint density at radius 1 is 0.742 bits per heavy atom. The number of nitrogens with one attached hydrogen (secondary N) is 2. The number of pyridine rings is 1. The summed E-state index contributed by atoms with van der Waals surface area (Å²) in [6.07, 6.45) is 0. The Morgan fingerprint density at radius 2 is 1.52 bits per heavy atom. The van der Waals surface area contributed by atoms with Gasteiger partial charge in [-0.25, -0.2) is 4.98 Å². The van der Waals surface area contributed by atoms with Gasteiger partial charge in [0.15, 0.2) is 5.76 Å². The molecule has 0 aliphatic heterocycles. The maximum absolute atomic E-state index is 12.6. The second kappa shape index (κ2) is 7.72. The average Bonchev–Trinajstić information content (AvgIpc) is 3.26. The van der Waals surface area contributed by atoms with Crippen LogP contribution >= 0.6 is 0 Å². The van der Waals surface area contributed by atoms with Crippen LogP contribution in [0.1, 0.15) is 20.8 Å². The van der Waals surface area contributed by atoms with Crippen molar-refractivity contribution in [1.82, 2.24) is 21.0 Å². The third-order valence-corrected chi connectivity index (χ3v) is 4.90. The van der Waals surface area contributed by atoms with E-state index in [0.29, 0.717) is 27.7 Å². The summed E-state index contributed by atoms with van der Waals surface area (Å²) in [7, 11) is 0. The minimum atomic E-state index is -0.505. The van der Waals surface area contributed by atoms with Gasteiger partial charge in [0.05, 0.1) is 10.9 Å². The summed E-state index contributed by atoms with van der Waals surface area (Å²) in [5.74, 6) is -0.388. The van der Waals surface area contributed by atoms with E-state index >= 15 is 0 Å². The van der Waals surface area contributed by atoms with Gasteiger partial charge in [0.1, 0.15) is 11.2 Å². The molecular weight excluding hydrogens is 392 g/mol. The number of aromatic nitrogens is 2. The molecule has 0 saturated heterocycles. The van der Waals surface area contributed by atoms with Crippen LogP contribution in [-0.4, -0.2) is 22.0 Å². The normalized spacial score (nSPS) is 10.8. The van der Waals surface area contributed by atoms with Crippen LogP contribution in [0.3, 0.4) is 0 Å². The van der Waals surface area contributed by atoms with Crippen LogP contribution in [-0.2, 0) is 0 Å². The number of hydrogen-bond acceptors (Lipinski definition) is 5. The number of benzene rings is 3. The fourth-order valence-corrected chi connectivity index (χ4v) is 3.32. The Morgan fingerprint density at radius 3 is 2.39 bits per heavy atom. The van der Waals surface area contributed by atoms with Gasteiger partial charge in [0, 0.05) is 16.5 Å². The van der Waals surface area contributed by atoms with Gasteiger partial charge in [-0.1, -0.05) is 59.8 Å². The molecule has 0 fully saturated rings. The first kappa shape index (κ1) is 18.5. The monoisotopic (exact) mass is 408 g/mol. The van der Waals surface area contributed by atoms with Gasteiger partial charge in [-0.15, -0.1) is 0 Å². The predicted octanol–water partition coefficient (Wildman–Crippen LogP) is 4.12. The summed E-state index contributed by atoms with van der Waals surface area (Å²) >= 11 is 0. The van der Waals surface area contributed by atoms with E-state index in [-0.39, 0.29) is 5.69 Å². The molecular formula is C24H16N4O3. The molecule has 0 aliphatic carbocycles. The molecule has 0 spiro atoms. The topological polar surface area (TPSA) is 97.1 Å². The lowest BCUT2D eigenvalue weighted by atomic mass is 10.1. The van der Waals surface area contributed by atoms with E-state index in [0.717, 1.165) is 10.9 Å². The summed E-state index contributed by atoms with van der Waals surface area (Å²) in [5.41, 5.74) is 7.61. The number of nitrogens with zero attached hydrogens (tertiary/aromatic N) is 2. The van der Waals surface area contributed by atoms with Crippen molar-refractivity contribution in [3.05, 3.63) is 96.2 Å². The van der Waals surface area contributed by atoms with Gasteiger partial charge in [0.2, 0.25) is 0 Å². The first-order valence-corrected chi connectivity index (χ1v) is 9.60. The number of hydrogen-bond donors (Lipinski definition) is 2. The highest BCUT2D eigenvalue weighted by molar-refractivity contribution is 6.02. The highest BCUT2D eigenvalue weighted by Crippen LogP contribution is 2.29. The quantitative estimate of drug-likeness (QED) is 0.438. The molecule has 0 aliphatic rings. The highest BCUT2D eigenvalue weighted by Gasteiger charge is 2.15. The zero-order chi connectivity index (χ0) is 21.2. The number of hydrazine groups is 1. The Balaban J connectivity index is 1.34. The molecule has 0 bridgehead atoms. The molecule has 3 aromatic carbocycles. The molecule has 0 atom stereocenters. The first-order valence-electron chi connectivity index (χ1n) is 9.60. The third kappa shape index (κ3) is 3.60. The number of carbonyl (C=O) groups is 2. The molecule has 31 heavy (non-hydrogen) atoms. The zero-order valence-electron chi connectivity index (χ0n) is 16.2. The van der Waals surface area contributed by atoms with Crippen molar-refractivity contribution in [3.8, 4) is 11.3 Å². The van der Waals surface area contributed by atoms with E-state index in [2.05, 4.69) is 21.0 Å². The number of fused-ring (bicyclic) bond motifs is 2. The van der Waals surface area contributed by atoms with Crippen molar-refractivity contribution in [3.63, 3.8) is 0 Å². The van der Waals surface area contributed by atoms with E-state index in [1.807, 2.05) is 60.7 Å². The molecule has 2 aromatic heterocycles. The van der Waals surface area contributed by atoms with Crippen LogP contribution in [0.5, 0.6) is 0 Å². The fourth-order valence-electron chi connectivity index (χ4n) is 3.32. The summed E-state index contributed by atoms with van der Waals surface area (Å²) in [4.78, 5) is 29.4. The second-order valence-electron chi connectivity index (χ2n) is 6.91. The van der Waals surface area contributed by atoms with Crippen LogP contribution in [0, 0.1) is 0 Å². The van der Waals surface area contributed by atoms with Crippen LogP contribution in [0.2, 0.25) is 0 Å². The van der Waals surface area contributed by atoms with Crippen molar-refractivity contribution in [2.45, 2.75) is 0 Å². The SMILES string of the molecule is O=C(NNC(=O)c1ccc2ccccc2n1)c1ccc2noc(-c3ccccc3)c2c1. The Bertz CT molecular complexity index is 1430. The summed E-state index contributed by atoms with van der Waals surface area (Å²) in [6, 6.07) is 25.4. The minimum absolute atomic E-state index is 0.208. The maximum Gasteiger partial charge on any atom is 0.288 e. The molecule has 0 unspecified atom stereocenters. The number of amides is 2. The van der Waals surface area contributed by atoms with E-state index in [1.54, 1.807) is 24.3 Å². The zero-order valence-corrected chi connectivity index (χ0v) is 16.2. The standard InChI is InChI=1S/C24H16N4O3/c29-23(26-27-24(30)21-13-10-15-6-4-5-9-19(15)25-21)17-11-12-20-18(14-17)22(31-28-20)16-7-2-1-3-8-16/h1-14H,(H,26,29)(H,27,30). The molecule has 2 N–H and O–H groups in total. The third-order valence-electron chi connectivity index (χ3n) is 4.90. The van der Waals surface area contributed by atoms with Crippen molar-refractivity contribution in [2.75, 3.05) is 0 Å². The van der Waals surface area contributed by atoms with Crippen molar-refractivity contribution >= 4 is 33.6 Å². The maximum atomic E-state index is 12.6. The summed E-state index contributed by atoms with van der Waals surface area (Å²) < 4.78 is 5.47. The first-order chi connectivity index (χ1) is 15.2. The molecule has 150 valence electrons. The van der Waals surface area contributed by atoms with E-state index in [4.69, 9.17) is 4.52 Å². The average molecular weight is 408 g/mol. The van der Waals surface area contributed by atoms with Gasteiger partial charge < -0.3 is 4.52 Å². The Labute approximate surface area is 176 Å². The number of rotatable bonds is 3. The van der Waals surface area contributed by atoms with E-state index in [1.165, 1.54) is 0 Å². The fraction of sp³-hybridized carbons (Fsp3) is 0. The van der Waals surface area contributed by atoms with Crippen molar-refractivity contribution in [1.29, 1.82) is 0 Å². The molecule has 7 heteroatoms. The largest absolute Gasteiger partial charge is 0.355 e. The molecule has 2 heterocycles.